The van der Waals surface area contributed by atoms with E-state index in [1.165, 1.54) is 0 Å². The van der Waals surface area contributed by atoms with Gasteiger partial charge in [0.1, 0.15) is 11.6 Å². The molecule has 1 heterocycles. The van der Waals surface area contributed by atoms with E-state index in [0.29, 0.717) is 17.4 Å². The number of ether oxygens (including phenoxy) is 1. The Morgan fingerprint density at radius 3 is 2.50 bits per heavy atom. The molecule has 2 aromatic rings. The molecule has 22 heavy (non-hydrogen) atoms. The van der Waals surface area contributed by atoms with Gasteiger partial charge >= 0.3 is 0 Å². The van der Waals surface area contributed by atoms with Gasteiger partial charge in [0, 0.05) is 6.54 Å². The van der Waals surface area contributed by atoms with Crippen LogP contribution in [-0.2, 0) is 4.79 Å². The van der Waals surface area contributed by atoms with E-state index in [2.05, 4.69) is 27.8 Å². The van der Waals surface area contributed by atoms with Gasteiger partial charge in [0.15, 0.2) is 12.4 Å². The van der Waals surface area contributed by atoms with Crippen molar-refractivity contribution in [1.29, 1.82) is 0 Å². The minimum atomic E-state index is -0.273. The molecule has 0 aliphatic rings. The first-order valence-electron chi connectivity index (χ1n) is 7.33. The quantitative estimate of drug-likeness (QED) is 0.733. The number of nitrogens with zero attached hydrogens (tertiary/aromatic N) is 2. The fraction of sp³-hybridized carbons (Fsp3) is 0.312. The molecule has 0 fully saturated rings. The van der Waals surface area contributed by atoms with Crippen molar-refractivity contribution < 1.29 is 9.53 Å². The van der Waals surface area contributed by atoms with E-state index in [9.17, 15) is 4.79 Å². The Morgan fingerprint density at radius 2 is 1.82 bits per heavy atom. The van der Waals surface area contributed by atoms with Crippen molar-refractivity contribution in [1.82, 2.24) is 10.2 Å². The minimum absolute atomic E-state index is 0.0673. The Labute approximate surface area is 129 Å². The SMILES string of the molecule is CCCCNc1ccc(NC(=O)COc2ccccc2)nn1. The summed E-state index contributed by atoms with van der Waals surface area (Å²) in [4.78, 5) is 11.8. The lowest BCUT2D eigenvalue weighted by atomic mass is 10.3. The molecule has 1 aromatic heterocycles. The first-order chi connectivity index (χ1) is 10.8. The molecule has 0 aliphatic carbocycles. The molecule has 0 saturated carbocycles. The van der Waals surface area contributed by atoms with Crippen LogP contribution in [0.3, 0.4) is 0 Å². The van der Waals surface area contributed by atoms with Gasteiger partial charge in [0.05, 0.1) is 0 Å². The maximum Gasteiger partial charge on any atom is 0.263 e. The number of aromatic nitrogens is 2. The molecule has 2 N–H and O–H groups in total. The molecular formula is C16H20N4O2. The number of amides is 1. The summed E-state index contributed by atoms with van der Waals surface area (Å²) in [5.41, 5.74) is 0. The van der Waals surface area contributed by atoms with Gasteiger partial charge in [-0.3, -0.25) is 4.79 Å². The fourth-order valence-corrected chi connectivity index (χ4v) is 1.73. The van der Waals surface area contributed by atoms with Crippen LogP contribution in [0.5, 0.6) is 5.75 Å². The lowest BCUT2D eigenvalue weighted by molar-refractivity contribution is -0.118. The van der Waals surface area contributed by atoms with E-state index >= 15 is 0 Å². The van der Waals surface area contributed by atoms with Crippen LogP contribution in [-0.4, -0.2) is 29.3 Å². The number of carbonyl (C=O) groups excluding carboxylic acids is 1. The first kappa shape index (κ1) is 15.8. The van der Waals surface area contributed by atoms with Crippen LogP contribution < -0.4 is 15.4 Å². The van der Waals surface area contributed by atoms with Crippen molar-refractivity contribution in [2.24, 2.45) is 0 Å². The summed E-state index contributed by atoms with van der Waals surface area (Å²) < 4.78 is 5.36. The van der Waals surface area contributed by atoms with Crippen molar-refractivity contribution in [3.8, 4) is 5.75 Å². The van der Waals surface area contributed by atoms with Crippen molar-refractivity contribution in [3.05, 3.63) is 42.5 Å². The van der Waals surface area contributed by atoms with Crippen molar-refractivity contribution in [2.45, 2.75) is 19.8 Å². The smallest absolute Gasteiger partial charge is 0.263 e. The van der Waals surface area contributed by atoms with Crippen LogP contribution in [0.1, 0.15) is 19.8 Å². The standard InChI is InChI=1S/C16H20N4O2/c1-2-3-11-17-14-9-10-15(20-19-14)18-16(21)12-22-13-7-5-4-6-8-13/h4-10H,2-3,11-12H2,1H3,(H,17,19)(H,18,20,21). The number of nitrogens with one attached hydrogen (secondary N) is 2. The summed E-state index contributed by atoms with van der Waals surface area (Å²) in [5.74, 6) is 1.48. The van der Waals surface area contributed by atoms with E-state index < -0.39 is 0 Å². The number of benzene rings is 1. The predicted octanol–water partition coefficient (Wildman–Crippen LogP) is 2.71. The molecule has 6 nitrogen and oxygen atoms in total. The second-order valence-electron chi connectivity index (χ2n) is 4.73. The molecule has 0 spiro atoms. The van der Waals surface area contributed by atoms with E-state index in [1.807, 2.05) is 18.2 Å². The monoisotopic (exact) mass is 300 g/mol. The third-order valence-electron chi connectivity index (χ3n) is 2.88. The summed E-state index contributed by atoms with van der Waals surface area (Å²) in [5, 5.41) is 13.8. The third kappa shape index (κ3) is 5.40. The van der Waals surface area contributed by atoms with Crippen molar-refractivity contribution >= 4 is 17.5 Å². The van der Waals surface area contributed by atoms with Crippen LogP contribution in [0, 0.1) is 0 Å². The lowest BCUT2D eigenvalue weighted by Gasteiger charge is -2.07. The van der Waals surface area contributed by atoms with E-state index in [-0.39, 0.29) is 12.5 Å². The highest BCUT2D eigenvalue weighted by molar-refractivity contribution is 5.90. The number of para-hydroxylation sites is 1. The van der Waals surface area contributed by atoms with Gasteiger partial charge in [0.25, 0.3) is 5.91 Å². The van der Waals surface area contributed by atoms with Gasteiger partial charge in [-0.1, -0.05) is 31.5 Å². The Morgan fingerprint density at radius 1 is 1.09 bits per heavy atom. The zero-order valence-corrected chi connectivity index (χ0v) is 12.6. The van der Waals surface area contributed by atoms with Crippen LogP contribution in [0.4, 0.5) is 11.6 Å². The average Bonchev–Trinajstić information content (AvgIpc) is 2.56. The van der Waals surface area contributed by atoms with Gasteiger partial charge in [-0.25, -0.2) is 0 Å². The largest absolute Gasteiger partial charge is 0.484 e. The number of hydrogen-bond donors (Lipinski definition) is 2. The normalized spacial score (nSPS) is 10.0. The minimum Gasteiger partial charge on any atom is -0.484 e. The number of anilines is 2. The maximum atomic E-state index is 11.8. The van der Waals surface area contributed by atoms with Crippen LogP contribution in [0.25, 0.3) is 0 Å². The number of rotatable bonds is 8. The molecule has 0 aliphatic heterocycles. The topological polar surface area (TPSA) is 76.1 Å². The second kappa shape index (κ2) is 8.61. The van der Waals surface area contributed by atoms with Crippen LogP contribution in [0.15, 0.2) is 42.5 Å². The van der Waals surface area contributed by atoms with Crippen LogP contribution >= 0.6 is 0 Å². The summed E-state index contributed by atoms with van der Waals surface area (Å²) in [6.45, 7) is 2.92. The Kier molecular flexibility index (Phi) is 6.17. The molecule has 6 heteroatoms. The summed E-state index contributed by atoms with van der Waals surface area (Å²) >= 11 is 0. The average molecular weight is 300 g/mol. The molecule has 1 amide bonds. The zero-order valence-electron chi connectivity index (χ0n) is 12.6. The van der Waals surface area contributed by atoms with Gasteiger partial charge in [0.2, 0.25) is 0 Å². The first-order valence-corrected chi connectivity index (χ1v) is 7.33. The highest BCUT2D eigenvalue weighted by Crippen LogP contribution is 2.09. The third-order valence-corrected chi connectivity index (χ3v) is 2.88. The molecule has 0 atom stereocenters. The Bertz CT molecular complexity index is 572. The molecule has 2 rings (SSSR count). The van der Waals surface area contributed by atoms with Crippen molar-refractivity contribution in [3.63, 3.8) is 0 Å². The van der Waals surface area contributed by atoms with Gasteiger partial charge in [-0.05, 0) is 30.7 Å². The lowest BCUT2D eigenvalue weighted by Crippen LogP contribution is -2.21. The molecular weight excluding hydrogens is 280 g/mol. The zero-order chi connectivity index (χ0) is 15.6. The van der Waals surface area contributed by atoms with Gasteiger partial charge in [-0.15, -0.1) is 10.2 Å². The highest BCUT2D eigenvalue weighted by Gasteiger charge is 2.05. The van der Waals surface area contributed by atoms with E-state index in [4.69, 9.17) is 4.74 Å². The summed E-state index contributed by atoms with van der Waals surface area (Å²) in [6, 6.07) is 12.7. The highest BCUT2D eigenvalue weighted by atomic mass is 16.5. The number of hydrogen-bond acceptors (Lipinski definition) is 5. The number of carbonyl (C=O) groups is 1. The Hall–Kier alpha value is -2.63. The second-order valence-corrected chi connectivity index (χ2v) is 4.73. The van der Waals surface area contributed by atoms with E-state index in [0.717, 1.165) is 19.4 Å². The summed E-state index contributed by atoms with van der Waals surface area (Å²) in [7, 11) is 0. The molecule has 1 aromatic carbocycles. The van der Waals surface area contributed by atoms with E-state index in [1.54, 1.807) is 24.3 Å². The molecule has 0 radical (unpaired) electrons. The predicted molar refractivity (Wildman–Crippen MR) is 86.0 cm³/mol. The summed E-state index contributed by atoms with van der Waals surface area (Å²) in [6.07, 6.45) is 2.20. The number of unbranched alkanes of at least 4 members (excludes halogenated alkanes) is 1. The molecule has 116 valence electrons. The molecule has 0 unspecified atom stereocenters. The molecule has 0 saturated heterocycles. The maximum absolute atomic E-state index is 11.8. The fourth-order valence-electron chi connectivity index (χ4n) is 1.73. The molecule has 0 bridgehead atoms. The van der Waals surface area contributed by atoms with Gasteiger partial charge in [-0.2, -0.15) is 0 Å². The van der Waals surface area contributed by atoms with Crippen LogP contribution in [0.2, 0.25) is 0 Å². The van der Waals surface area contributed by atoms with Crippen molar-refractivity contribution in [2.75, 3.05) is 23.8 Å². The van der Waals surface area contributed by atoms with Gasteiger partial charge < -0.3 is 15.4 Å². The Balaban J connectivity index is 1.76.